The number of hydrogen-bond donors (Lipinski definition) is 1. The monoisotopic (exact) mass is 239 g/mol. The second kappa shape index (κ2) is 6.81. The van der Waals surface area contributed by atoms with Crippen molar-refractivity contribution in [2.75, 3.05) is 13.1 Å². The first kappa shape index (κ1) is 12.5. The molecule has 0 spiro atoms. The number of thiazole rings is 1. The number of carbonyl (C=O) groups excluding carboxylic acids is 1. The van der Waals surface area contributed by atoms with Crippen LogP contribution in [0.2, 0.25) is 0 Å². The lowest BCUT2D eigenvalue weighted by Crippen LogP contribution is -2.24. The fraction of sp³-hybridized carbons (Fsp3) is 0.556. The Hall–Kier alpha value is -1.59. The molecule has 0 aromatic carbocycles. The van der Waals surface area contributed by atoms with Crippen LogP contribution in [0.15, 0.2) is 10.5 Å². The number of nitrogens with one attached hydrogen (secondary N) is 1. The van der Waals surface area contributed by atoms with Crippen molar-refractivity contribution in [3.8, 4) is 0 Å². The van der Waals surface area contributed by atoms with Gasteiger partial charge in [0.15, 0.2) is 0 Å². The van der Waals surface area contributed by atoms with Crippen molar-refractivity contribution in [3.05, 3.63) is 26.5 Å². The maximum absolute atomic E-state index is 11.5. The predicted octanol–water partition coefficient (Wildman–Crippen LogP) is 2.27. The Bertz CT molecular complexity index is 396. The van der Waals surface area contributed by atoms with Gasteiger partial charge in [-0.05, 0) is 25.3 Å². The molecule has 0 saturated carbocycles. The first-order chi connectivity index (χ1) is 7.74. The van der Waals surface area contributed by atoms with E-state index in [0.717, 1.165) is 17.8 Å². The normalized spacial score (nSPS) is 9.56. The van der Waals surface area contributed by atoms with Gasteiger partial charge < -0.3 is 5.32 Å². The molecule has 0 atom stereocenters. The lowest BCUT2D eigenvalue weighted by molar-refractivity contribution is 0.0948. The maximum Gasteiger partial charge on any atom is 0.270 e. The predicted molar refractivity (Wildman–Crippen MR) is 62.4 cm³/mol. The Kier molecular flexibility index (Phi) is 5.31. The van der Waals surface area contributed by atoms with E-state index in [1.54, 1.807) is 5.38 Å². The van der Waals surface area contributed by atoms with Gasteiger partial charge in [-0.15, -0.1) is 11.3 Å². The molecule has 1 N–H and O–H groups in total. The minimum Gasteiger partial charge on any atom is -0.351 e. The molecule has 16 heavy (non-hydrogen) atoms. The molecule has 7 heteroatoms. The van der Waals surface area contributed by atoms with Crippen molar-refractivity contribution in [2.24, 2.45) is 5.11 Å². The van der Waals surface area contributed by atoms with Gasteiger partial charge in [0.25, 0.3) is 5.91 Å². The van der Waals surface area contributed by atoms with E-state index in [0.29, 0.717) is 18.8 Å². The van der Waals surface area contributed by atoms with Crippen LogP contribution < -0.4 is 5.32 Å². The molecular weight excluding hydrogens is 226 g/mol. The summed E-state index contributed by atoms with van der Waals surface area (Å²) in [6.07, 6.45) is 1.58. The van der Waals surface area contributed by atoms with Crippen LogP contribution in [0.1, 0.15) is 28.3 Å². The number of aryl methyl sites for hydroxylation is 1. The van der Waals surface area contributed by atoms with Crippen LogP contribution in [-0.2, 0) is 0 Å². The SMILES string of the molecule is Cc1nc(C(=O)NCCCCN=[N+]=[N-])cs1. The van der Waals surface area contributed by atoms with Crippen molar-refractivity contribution >= 4 is 17.2 Å². The van der Waals surface area contributed by atoms with Gasteiger partial charge in [-0.1, -0.05) is 5.11 Å². The zero-order valence-corrected chi connectivity index (χ0v) is 9.83. The number of aromatic nitrogens is 1. The zero-order chi connectivity index (χ0) is 11.8. The van der Waals surface area contributed by atoms with E-state index in [9.17, 15) is 4.79 Å². The number of nitrogens with zero attached hydrogens (tertiary/aromatic N) is 4. The second-order valence-corrected chi connectivity index (χ2v) is 4.23. The van der Waals surface area contributed by atoms with Crippen molar-refractivity contribution in [3.63, 3.8) is 0 Å². The van der Waals surface area contributed by atoms with E-state index in [-0.39, 0.29) is 5.91 Å². The average Bonchev–Trinajstić information content (AvgIpc) is 2.70. The highest BCUT2D eigenvalue weighted by molar-refractivity contribution is 7.09. The molecule has 0 bridgehead atoms. The van der Waals surface area contributed by atoms with Crippen LogP contribution in [0.25, 0.3) is 10.4 Å². The summed E-state index contributed by atoms with van der Waals surface area (Å²) in [4.78, 5) is 18.2. The Morgan fingerprint density at radius 1 is 1.69 bits per heavy atom. The fourth-order valence-corrected chi connectivity index (χ4v) is 1.71. The molecule has 6 nitrogen and oxygen atoms in total. The second-order valence-electron chi connectivity index (χ2n) is 3.17. The molecule has 0 fully saturated rings. The van der Waals surface area contributed by atoms with Crippen molar-refractivity contribution < 1.29 is 4.79 Å². The van der Waals surface area contributed by atoms with Crippen LogP contribution in [-0.4, -0.2) is 24.0 Å². The summed E-state index contributed by atoms with van der Waals surface area (Å²) >= 11 is 1.46. The van der Waals surface area contributed by atoms with Crippen molar-refractivity contribution in [1.82, 2.24) is 10.3 Å². The largest absolute Gasteiger partial charge is 0.351 e. The molecule has 0 saturated heterocycles. The molecule has 1 heterocycles. The molecule has 1 rings (SSSR count). The van der Waals surface area contributed by atoms with E-state index in [1.807, 2.05) is 6.92 Å². The summed E-state index contributed by atoms with van der Waals surface area (Å²) < 4.78 is 0. The van der Waals surface area contributed by atoms with E-state index >= 15 is 0 Å². The van der Waals surface area contributed by atoms with Gasteiger partial charge >= 0.3 is 0 Å². The summed E-state index contributed by atoms with van der Waals surface area (Å²) in [5.41, 5.74) is 8.51. The highest BCUT2D eigenvalue weighted by atomic mass is 32.1. The van der Waals surface area contributed by atoms with Gasteiger partial charge in [-0.25, -0.2) is 4.98 Å². The summed E-state index contributed by atoms with van der Waals surface area (Å²) in [7, 11) is 0. The van der Waals surface area contributed by atoms with Gasteiger partial charge in [-0.2, -0.15) is 0 Å². The van der Waals surface area contributed by atoms with Gasteiger partial charge in [0.05, 0.1) is 5.01 Å². The third-order valence-corrected chi connectivity index (χ3v) is 2.66. The number of unbranched alkanes of at least 4 members (excludes halogenated alkanes) is 1. The van der Waals surface area contributed by atoms with E-state index < -0.39 is 0 Å². The van der Waals surface area contributed by atoms with E-state index in [2.05, 4.69) is 20.3 Å². The minimum atomic E-state index is -0.145. The first-order valence-corrected chi connectivity index (χ1v) is 5.83. The molecule has 0 aliphatic carbocycles. The van der Waals surface area contributed by atoms with E-state index in [4.69, 9.17) is 5.53 Å². The molecule has 0 aliphatic heterocycles. The number of carbonyl (C=O) groups is 1. The number of hydrogen-bond acceptors (Lipinski definition) is 4. The quantitative estimate of drug-likeness (QED) is 0.357. The molecule has 1 amide bonds. The van der Waals surface area contributed by atoms with Gasteiger partial charge in [0.1, 0.15) is 5.69 Å². The summed E-state index contributed by atoms with van der Waals surface area (Å²) in [5, 5.41) is 8.79. The van der Waals surface area contributed by atoms with Gasteiger partial charge in [0.2, 0.25) is 0 Å². The highest BCUT2D eigenvalue weighted by Gasteiger charge is 2.07. The van der Waals surface area contributed by atoms with Gasteiger partial charge in [-0.3, -0.25) is 4.79 Å². The lowest BCUT2D eigenvalue weighted by Gasteiger charge is -2.01. The zero-order valence-electron chi connectivity index (χ0n) is 9.01. The topological polar surface area (TPSA) is 90.8 Å². The molecule has 1 aromatic rings. The molecule has 0 aliphatic rings. The minimum absolute atomic E-state index is 0.145. The molecule has 1 aromatic heterocycles. The van der Waals surface area contributed by atoms with Crippen LogP contribution in [0, 0.1) is 6.92 Å². The standard InChI is InChI=1S/C9H13N5OS/c1-7-13-8(6-16-7)9(15)11-4-2-3-5-12-14-10/h6H,2-5H2,1H3,(H,11,15). The van der Waals surface area contributed by atoms with Crippen LogP contribution in [0.3, 0.4) is 0 Å². The molecular formula is C9H13N5OS. The number of rotatable bonds is 6. The number of azide groups is 1. The highest BCUT2D eigenvalue weighted by Crippen LogP contribution is 2.07. The molecule has 0 unspecified atom stereocenters. The summed E-state index contributed by atoms with van der Waals surface area (Å²) in [6, 6.07) is 0. The van der Waals surface area contributed by atoms with Crippen molar-refractivity contribution in [1.29, 1.82) is 0 Å². The molecule has 86 valence electrons. The Balaban J connectivity index is 2.18. The lowest BCUT2D eigenvalue weighted by atomic mass is 10.3. The van der Waals surface area contributed by atoms with Crippen LogP contribution in [0.4, 0.5) is 0 Å². The smallest absolute Gasteiger partial charge is 0.270 e. The van der Waals surface area contributed by atoms with Crippen molar-refractivity contribution in [2.45, 2.75) is 19.8 Å². The summed E-state index contributed by atoms with van der Waals surface area (Å²) in [5.74, 6) is -0.145. The maximum atomic E-state index is 11.5. The Morgan fingerprint density at radius 3 is 3.12 bits per heavy atom. The molecule has 0 radical (unpaired) electrons. The third-order valence-electron chi connectivity index (χ3n) is 1.89. The fourth-order valence-electron chi connectivity index (χ4n) is 1.11. The Labute approximate surface area is 97.3 Å². The Morgan fingerprint density at radius 2 is 2.50 bits per heavy atom. The number of amides is 1. The van der Waals surface area contributed by atoms with Crippen LogP contribution in [0.5, 0.6) is 0 Å². The van der Waals surface area contributed by atoms with Gasteiger partial charge in [0, 0.05) is 23.4 Å². The average molecular weight is 239 g/mol. The summed E-state index contributed by atoms with van der Waals surface area (Å²) in [6.45, 7) is 2.92. The van der Waals surface area contributed by atoms with E-state index in [1.165, 1.54) is 11.3 Å². The third kappa shape index (κ3) is 4.29. The van der Waals surface area contributed by atoms with Crippen LogP contribution >= 0.6 is 11.3 Å². The first-order valence-electron chi connectivity index (χ1n) is 4.95.